The number of nitrogens with zero attached hydrogens (tertiary/aromatic N) is 5. The predicted octanol–water partition coefficient (Wildman–Crippen LogP) is 2.57. The predicted molar refractivity (Wildman–Crippen MR) is 87.2 cm³/mol. The molecule has 0 saturated heterocycles. The molecule has 0 aliphatic carbocycles. The van der Waals surface area contributed by atoms with Gasteiger partial charge in [0.15, 0.2) is 0 Å². The van der Waals surface area contributed by atoms with Gasteiger partial charge in [0, 0.05) is 18.4 Å². The number of aromatic nitrogens is 4. The quantitative estimate of drug-likeness (QED) is 0.746. The second-order valence-electron chi connectivity index (χ2n) is 5.69. The zero-order chi connectivity index (χ0) is 16.6. The Kier molecular flexibility index (Phi) is 3.82. The van der Waals surface area contributed by atoms with E-state index in [2.05, 4.69) is 15.1 Å². The van der Waals surface area contributed by atoms with Gasteiger partial charge in [-0.25, -0.2) is 9.50 Å². The Bertz CT molecular complexity index is 856. The van der Waals surface area contributed by atoms with E-state index in [4.69, 9.17) is 0 Å². The number of hydrogen-bond acceptors (Lipinski definition) is 4. The SMILES string of the molecule is Cc1cc(C)n2nc(C(=O)N(C)C(C)c3ccccc3)nc2n1. The molecule has 0 bridgehead atoms. The Morgan fingerprint density at radius 1 is 1.17 bits per heavy atom. The molecule has 23 heavy (non-hydrogen) atoms. The van der Waals surface area contributed by atoms with Gasteiger partial charge in [0.05, 0.1) is 6.04 Å². The summed E-state index contributed by atoms with van der Waals surface area (Å²) in [5.74, 6) is 0.395. The van der Waals surface area contributed by atoms with Gasteiger partial charge in [-0.05, 0) is 32.4 Å². The van der Waals surface area contributed by atoms with Crippen LogP contribution in [0.2, 0.25) is 0 Å². The third kappa shape index (κ3) is 2.79. The smallest absolute Gasteiger partial charge is 0.293 e. The van der Waals surface area contributed by atoms with Gasteiger partial charge in [0.25, 0.3) is 11.7 Å². The van der Waals surface area contributed by atoms with Crippen LogP contribution in [0.3, 0.4) is 0 Å². The van der Waals surface area contributed by atoms with E-state index >= 15 is 0 Å². The molecule has 0 radical (unpaired) electrons. The lowest BCUT2D eigenvalue weighted by Gasteiger charge is -2.24. The molecular weight excluding hydrogens is 290 g/mol. The van der Waals surface area contributed by atoms with E-state index in [1.54, 1.807) is 16.5 Å². The van der Waals surface area contributed by atoms with E-state index in [0.717, 1.165) is 17.0 Å². The maximum Gasteiger partial charge on any atom is 0.293 e. The largest absolute Gasteiger partial charge is 0.332 e. The molecule has 0 N–H and O–H groups in total. The molecule has 2 heterocycles. The highest BCUT2D eigenvalue weighted by atomic mass is 16.2. The van der Waals surface area contributed by atoms with Crippen LogP contribution in [0.25, 0.3) is 5.78 Å². The Morgan fingerprint density at radius 3 is 2.57 bits per heavy atom. The summed E-state index contributed by atoms with van der Waals surface area (Å²) in [4.78, 5) is 22.9. The highest BCUT2D eigenvalue weighted by Crippen LogP contribution is 2.19. The molecule has 0 saturated carbocycles. The number of fused-ring (bicyclic) bond motifs is 1. The fourth-order valence-corrected chi connectivity index (χ4v) is 2.55. The zero-order valence-electron chi connectivity index (χ0n) is 13.7. The van der Waals surface area contributed by atoms with Crippen molar-refractivity contribution in [1.82, 2.24) is 24.5 Å². The lowest BCUT2D eigenvalue weighted by molar-refractivity contribution is 0.0730. The van der Waals surface area contributed by atoms with Crippen LogP contribution in [0.5, 0.6) is 0 Å². The van der Waals surface area contributed by atoms with Crippen molar-refractivity contribution in [3.63, 3.8) is 0 Å². The molecule has 1 unspecified atom stereocenters. The van der Waals surface area contributed by atoms with Crippen molar-refractivity contribution in [2.24, 2.45) is 0 Å². The Balaban J connectivity index is 1.92. The number of carbonyl (C=O) groups excluding carboxylic acids is 1. The van der Waals surface area contributed by atoms with E-state index in [1.807, 2.05) is 57.2 Å². The van der Waals surface area contributed by atoms with Gasteiger partial charge in [-0.15, -0.1) is 5.10 Å². The van der Waals surface area contributed by atoms with Crippen molar-refractivity contribution in [3.05, 3.63) is 59.2 Å². The van der Waals surface area contributed by atoms with Crippen LogP contribution in [0, 0.1) is 13.8 Å². The monoisotopic (exact) mass is 309 g/mol. The highest BCUT2D eigenvalue weighted by Gasteiger charge is 2.23. The summed E-state index contributed by atoms with van der Waals surface area (Å²) in [6.45, 7) is 5.80. The van der Waals surface area contributed by atoms with Crippen molar-refractivity contribution < 1.29 is 4.79 Å². The first-order chi connectivity index (χ1) is 11.0. The molecule has 1 amide bonds. The number of benzene rings is 1. The van der Waals surface area contributed by atoms with Crippen LogP contribution in [-0.2, 0) is 0 Å². The Morgan fingerprint density at radius 2 is 1.87 bits per heavy atom. The molecule has 0 aliphatic heterocycles. The zero-order valence-corrected chi connectivity index (χ0v) is 13.7. The molecule has 1 aromatic carbocycles. The maximum absolute atomic E-state index is 12.7. The second-order valence-corrected chi connectivity index (χ2v) is 5.69. The lowest BCUT2D eigenvalue weighted by Crippen LogP contribution is -2.30. The maximum atomic E-state index is 12.7. The molecule has 1 atom stereocenters. The first-order valence-electron chi connectivity index (χ1n) is 7.50. The third-order valence-electron chi connectivity index (χ3n) is 3.99. The molecule has 6 heteroatoms. The number of rotatable bonds is 3. The third-order valence-corrected chi connectivity index (χ3v) is 3.99. The molecule has 0 aliphatic rings. The molecule has 2 aromatic heterocycles. The first kappa shape index (κ1) is 15.1. The van der Waals surface area contributed by atoms with Gasteiger partial charge < -0.3 is 4.90 Å². The molecular formula is C17H19N5O. The molecule has 6 nitrogen and oxygen atoms in total. The summed E-state index contributed by atoms with van der Waals surface area (Å²) < 4.78 is 1.60. The van der Waals surface area contributed by atoms with Gasteiger partial charge in [-0.3, -0.25) is 4.79 Å². The normalized spacial score (nSPS) is 12.3. The Hall–Kier alpha value is -2.76. The number of carbonyl (C=O) groups is 1. The van der Waals surface area contributed by atoms with Crippen LogP contribution in [-0.4, -0.2) is 37.4 Å². The molecule has 0 fully saturated rings. The van der Waals surface area contributed by atoms with Crippen LogP contribution in [0.1, 0.15) is 40.5 Å². The highest BCUT2D eigenvalue weighted by molar-refractivity contribution is 5.91. The first-order valence-corrected chi connectivity index (χ1v) is 7.50. The van der Waals surface area contributed by atoms with Gasteiger partial charge in [-0.2, -0.15) is 4.98 Å². The van der Waals surface area contributed by atoms with Gasteiger partial charge in [0.2, 0.25) is 5.82 Å². The summed E-state index contributed by atoms with van der Waals surface area (Å²) in [5, 5.41) is 4.30. The van der Waals surface area contributed by atoms with Crippen molar-refractivity contribution in [3.8, 4) is 0 Å². The van der Waals surface area contributed by atoms with Crippen LogP contribution < -0.4 is 0 Å². The number of aryl methyl sites for hydroxylation is 2. The molecule has 3 rings (SSSR count). The van der Waals surface area contributed by atoms with Gasteiger partial charge in [0.1, 0.15) is 0 Å². The topological polar surface area (TPSA) is 63.4 Å². The van der Waals surface area contributed by atoms with Crippen LogP contribution >= 0.6 is 0 Å². The minimum Gasteiger partial charge on any atom is -0.332 e. The fraction of sp³-hybridized carbons (Fsp3) is 0.294. The van der Waals surface area contributed by atoms with Gasteiger partial charge in [-0.1, -0.05) is 30.3 Å². The lowest BCUT2D eigenvalue weighted by atomic mass is 10.1. The standard InChI is InChI=1S/C17H19N5O/c1-11-10-12(2)22-17(18-11)19-15(20-22)16(23)21(4)13(3)14-8-6-5-7-9-14/h5-10,13H,1-4H3. The average Bonchev–Trinajstić information content (AvgIpc) is 2.98. The summed E-state index contributed by atoms with van der Waals surface area (Å²) >= 11 is 0. The minimum absolute atomic E-state index is 0.0638. The molecule has 3 aromatic rings. The average molecular weight is 309 g/mol. The molecule has 118 valence electrons. The van der Waals surface area contributed by atoms with E-state index in [0.29, 0.717) is 5.78 Å². The van der Waals surface area contributed by atoms with Crippen molar-refractivity contribution >= 4 is 11.7 Å². The summed E-state index contributed by atoms with van der Waals surface area (Å²) in [5.41, 5.74) is 2.82. The summed E-state index contributed by atoms with van der Waals surface area (Å²) in [6, 6.07) is 11.7. The van der Waals surface area contributed by atoms with E-state index in [-0.39, 0.29) is 17.8 Å². The van der Waals surface area contributed by atoms with Crippen molar-refractivity contribution in [1.29, 1.82) is 0 Å². The Labute approximate surface area is 134 Å². The van der Waals surface area contributed by atoms with Crippen molar-refractivity contribution in [2.75, 3.05) is 7.05 Å². The fourth-order valence-electron chi connectivity index (χ4n) is 2.55. The van der Waals surface area contributed by atoms with Crippen LogP contribution in [0.15, 0.2) is 36.4 Å². The summed E-state index contributed by atoms with van der Waals surface area (Å²) in [6.07, 6.45) is 0. The van der Waals surface area contributed by atoms with Crippen molar-refractivity contribution in [2.45, 2.75) is 26.8 Å². The van der Waals surface area contributed by atoms with E-state index in [1.165, 1.54) is 0 Å². The van der Waals surface area contributed by atoms with E-state index < -0.39 is 0 Å². The molecule has 0 spiro atoms. The van der Waals surface area contributed by atoms with Crippen LogP contribution in [0.4, 0.5) is 0 Å². The number of hydrogen-bond donors (Lipinski definition) is 0. The van der Waals surface area contributed by atoms with Gasteiger partial charge >= 0.3 is 0 Å². The van der Waals surface area contributed by atoms with E-state index in [9.17, 15) is 4.79 Å². The minimum atomic E-state index is -0.219. The summed E-state index contributed by atoms with van der Waals surface area (Å²) in [7, 11) is 1.76. The second kappa shape index (κ2) is 5.79. The number of amides is 1.